The molecule has 3 aromatic rings. The molecular weight excluding hydrogens is 266 g/mol. The smallest absolute Gasteiger partial charge is 0.213 e. The number of ether oxygens (including phenoxy) is 2. The Hall–Kier alpha value is -2.40. The summed E-state index contributed by atoms with van der Waals surface area (Å²) in [6, 6.07) is 12.0. The van der Waals surface area contributed by atoms with Crippen molar-refractivity contribution in [3.8, 4) is 5.88 Å². The van der Waals surface area contributed by atoms with Gasteiger partial charge in [0.25, 0.3) is 0 Å². The van der Waals surface area contributed by atoms with E-state index in [4.69, 9.17) is 9.47 Å². The van der Waals surface area contributed by atoms with Gasteiger partial charge in [-0.2, -0.15) is 0 Å². The lowest BCUT2D eigenvalue weighted by Gasteiger charge is -2.08. The number of benzene rings is 1. The van der Waals surface area contributed by atoms with Crippen molar-refractivity contribution in [1.82, 2.24) is 14.5 Å². The summed E-state index contributed by atoms with van der Waals surface area (Å²) < 4.78 is 12.6. The van der Waals surface area contributed by atoms with Crippen LogP contribution in [-0.4, -0.2) is 34.9 Å². The molecule has 0 aliphatic rings. The van der Waals surface area contributed by atoms with Crippen molar-refractivity contribution in [2.45, 2.75) is 6.54 Å². The van der Waals surface area contributed by atoms with Crippen molar-refractivity contribution in [3.05, 3.63) is 54.5 Å². The number of para-hydroxylation sites is 2. The molecule has 1 aromatic carbocycles. The zero-order chi connectivity index (χ0) is 14.5. The van der Waals surface area contributed by atoms with Gasteiger partial charge in [-0.25, -0.2) is 9.97 Å². The predicted octanol–water partition coefficient (Wildman–Crippen LogP) is 2.50. The Kier molecular flexibility index (Phi) is 4.12. The molecule has 0 aliphatic heterocycles. The van der Waals surface area contributed by atoms with E-state index in [1.165, 1.54) is 0 Å². The number of methoxy groups -OCH3 is 1. The van der Waals surface area contributed by atoms with Gasteiger partial charge < -0.3 is 14.0 Å². The lowest BCUT2D eigenvalue weighted by molar-refractivity contribution is 0.143. The molecule has 21 heavy (non-hydrogen) atoms. The molecule has 0 amide bonds. The molecule has 3 rings (SSSR count). The van der Waals surface area contributed by atoms with E-state index >= 15 is 0 Å². The van der Waals surface area contributed by atoms with Crippen LogP contribution < -0.4 is 4.74 Å². The van der Waals surface area contributed by atoms with E-state index in [1.807, 2.05) is 36.7 Å². The van der Waals surface area contributed by atoms with Gasteiger partial charge in [0.2, 0.25) is 5.88 Å². The minimum atomic E-state index is 0.501. The highest BCUT2D eigenvalue weighted by Gasteiger charge is 2.04. The van der Waals surface area contributed by atoms with E-state index in [0.29, 0.717) is 19.1 Å². The quantitative estimate of drug-likeness (QED) is 0.652. The number of imidazole rings is 1. The molecule has 0 radical (unpaired) electrons. The Morgan fingerprint density at radius 2 is 2.00 bits per heavy atom. The highest BCUT2D eigenvalue weighted by atomic mass is 16.5. The van der Waals surface area contributed by atoms with Crippen molar-refractivity contribution in [3.63, 3.8) is 0 Å². The van der Waals surface area contributed by atoms with Gasteiger partial charge in [0.05, 0.1) is 24.0 Å². The summed E-state index contributed by atoms with van der Waals surface area (Å²) in [5.74, 6) is 0.619. The number of nitrogens with zero attached hydrogens (tertiary/aromatic N) is 3. The molecule has 0 saturated carbocycles. The molecule has 108 valence electrons. The highest BCUT2D eigenvalue weighted by Crippen LogP contribution is 2.16. The van der Waals surface area contributed by atoms with Crippen LogP contribution in [0, 0.1) is 0 Å². The summed E-state index contributed by atoms with van der Waals surface area (Å²) in [6.45, 7) is 1.79. The summed E-state index contributed by atoms with van der Waals surface area (Å²) >= 11 is 0. The minimum Gasteiger partial charge on any atom is -0.475 e. The van der Waals surface area contributed by atoms with Gasteiger partial charge in [0.1, 0.15) is 6.61 Å². The maximum Gasteiger partial charge on any atom is 0.213 e. The van der Waals surface area contributed by atoms with E-state index in [9.17, 15) is 0 Å². The van der Waals surface area contributed by atoms with Crippen molar-refractivity contribution < 1.29 is 9.47 Å². The maximum absolute atomic E-state index is 5.53. The average Bonchev–Trinajstić information content (AvgIpc) is 2.91. The maximum atomic E-state index is 5.53. The molecule has 0 spiro atoms. The fourth-order valence-corrected chi connectivity index (χ4v) is 2.19. The number of hydrogen-bond donors (Lipinski definition) is 0. The lowest BCUT2D eigenvalue weighted by Crippen LogP contribution is -2.06. The topological polar surface area (TPSA) is 49.2 Å². The summed E-state index contributed by atoms with van der Waals surface area (Å²) in [5.41, 5.74) is 3.25. The Morgan fingerprint density at radius 3 is 2.90 bits per heavy atom. The summed E-state index contributed by atoms with van der Waals surface area (Å²) in [7, 11) is 1.65. The molecule has 0 saturated heterocycles. The molecule has 2 heterocycles. The van der Waals surface area contributed by atoms with Crippen LogP contribution in [-0.2, 0) is 11.3 Å². The van der Waals surface area contributed by atoms with Crippen LogP contribution in [0.25, 0.3) is 11.0 Å². The average molecular weight is 283 g/mol. The van der Waals surface area contributed by atoms with Crippen molar-refractivity contribution in [1.29, 1.82) is 0 Å². The van der Waals surface area contributed by atoms with Crippen LogP contribution in [0.1, 0.15) is 5.56 Å². The van der Waals surface area contributed by atoms with Gasteiger partial charge in [0, 0.05) is 25.9 Å². The Bertz CT molecular complexity index is 724. The number of pyridine rings is 1. The molecular formula is C16H17N3O2. The normalized spacial score (nSPS) is 10.9. The summed E-state index contributed by atoms with van der Waals surface area (Å²) in [5, 5.41) is 0. The zero-order valence-corrected chi connectivity index (χ0v) is 11.9. The second kappa shape index (κ2) is 6.37. The standard InChI is InChI=1S/C16H17N3O2/c1-20-8-9-21-16-10-13(6-7-17-16)11-19-12-18-14-4-2-3-5-15(14)19/h2-7,10,12H,8-9,11H2,1H3. The van der Waals surface area contributed by atoms with Crippen molar-refractivity contribution in [2.75, 3.05) is 20.3 Å². The Balaban J connectivity index is 1.76. The van der Waals surface area contributed by atoms with Gasteiger partial charge in [-0.1, -0.05) is 12.1 Å². The van der Waals surface area contributed by atoms with Gasteiger partial charge >= 0.3 is 0 Å². The first kappa shape index (κ1) is 13.6. The van der Waals surface area contributed by atoms with Gasteiger partial charge in [-0.05, 0) is 23.8 Å². The van der Waals surface area contributed by atoms with E-state index in [-0.39, 0.29) is 0 Å². The van der Waals surface area contributed by atoms with E-state index in [2.05, 4.69) is 20.6 Å². The first-order valence-electron chi connectivity index (χ1n) is 6.83. The predicted molar refractivity (Wildman–Crippen MR) is 80.4 cm³/mol. The van der Waals surface area contributed by atoms with Crippen LogP contribution in [0.5, 0.6) is 5.88 Å². The number of aromatic nitrogens is 3. The molecule has 0 atom stereocenters. The molecule has 0 unspecified atom stereocenters. The Morgan fingerprint density at radius 1 is 1.10 bits per heavy atom. The third-order valence-corrected chi connectivity index (χ3v) is 3.22. The third-order valence-electron chi connectivity index (χ3n) is 3.22. The first-order valence-corrected chi connectivity index (χ1v) is 6.83. The molecule has 0 fully saturated rings. The first-order chi connectivity index (χ1) is 10.4. The molecule has 5 nitrogen and oxygen atoms in total. The molecule has 2 aromatic heterocycles. The molecule has 5 heteroatoms. The monoisotopic (exact) mass is 283 g/mol. The third kappa shape index (κ3) is 3.20. The van der Waals surface area contributed by atoms with Gasteiger partial charge in [0.15, 0.2) is 0 Å². The largest absolute Gasteiger partial charge is 0.475 e. The number of hydrogen-bond acceptors (Lipinski definition) is 4. The van der Waals surface area contributed by atoms with Crippen LogP contribution in [0.2, 0.25) is 0 Å². The van der Waals surface area contributed by atoms with Crippen LogP contribution in [0.3, 0.4) is 0 Å². The van der Waals surface area contributed by atoms with E-state index < -0.39 is 0 Å². The van der Waals surface area contributed by atoms with Crippen molar-refractivity contribution >= 4 is 11.0 Å². The molecule has 0 bridgehead atoms. The Labute approximate surface area is 123 Å². The van der Waals surface area contributed by atoms with E-state index in [1.54, 1.807) is 13.3 Å². The van der Waals surface area contributed by atoms with Gasteiger partial charge in [-0.3, -0.25) is 0 Å². The second-order valence-corrected chi connectivity index (χ2v) is 4.70. The number of rotatable bonds is 6. The second-order valence-electron chi connectivity index (χ2n) is 4.70. The van der Waals surface area contributed by atoms with Crippen LogP contribution in [0.4, 0.5) is 0 Å². The fraction of sp³-hybridized carbons (Fsp3) is 0.250. The minimum absolute atomic E-state index is 0.501. The molecule has 0 aliphatic carbocycles. The summed E-state index contributed by atoms with van der Waals surface area (Å²) in [6.07, 6.45) is 3.62. The number of fused-ring (bicyclic) bond motifs is 1. The SMILES string of the molecule is COCCOc1cc(Cn2cnc3ccccc32)ccn1. The molecule has 0 N–H and O–H groups in total. The zero-order valence-electron chi connectivity index (χ0n) is 11.9. The fourth-order valence-electron chi connectivity index (χ4n) is 2.19. The van der Waals surface area contributed by atoms with Gasteiger partial charge in [-0.15, -0.1) is 0 Å². The van der Waals surface area contributed by atoms with Crippen LogP contribution >= 0.6 is 0 Å². The summed E-state index contributed by atoms with van der Waals surface area (Å²) in [4.78, 5) is 8.60. The van der Waals surface area contributed by atoms with Crippen molar-refractivity contribution in [2.24, 2.45) is 0 Å². The highest BCUT2D eigenvalue weighted by molar-refractivity contribution is 5.75. The lowest BCUT2D eigenvalue weighted by atomic mass is 10.2. The van der Waals surface area contributed by atoms with Crippen LogP contribution in [0.15, 0.2) is 48.9 Å². The van der Waals surface area contributed by atoms with E-state index in [0.717, 1.165) is 23.1 Å².